The summed E-state index contributed by atoms with van der Waals surface area (Å²) in [6, 6.07) is 5.02. The molecule has 0 fully saturated rings. The lowest BCUT2D eigenvalue weighted by Crippen LogP contribution is -2.27. The van der Waals surface area contributed by atoms with Gasteiger partial charge in [-0.15, -0.1) is 0 Å². The first-order valence-electron chi connectivity index (χ1n) is 6.04. The molecule has 0 atom stereocenters. The predicted molar refractivity (Wildman–Crippen MR) is 74.0 cm³/mol. The molecule has 104 valence electrons. The zero-order valence-electron chi connectivity index (χ0n) is 11.7. The SMILES string of the molecule is Cc1c(NC(=O)COC(C)(C)C)cccc1C(N)=O. The summed E-state index contributed by atoms with van der Waals surface area (Å²) in [7, 11) is 0. The molecule has 0 unspecified atom stereocenters. The molecule has 1 aromatic carbocycles. The smallest absolute Gasteiger partial charge is 0.250 e. The third-order valence-corrected chi connectivity index (χ3v) is 2.51. The van der Waals surface area contributed by atoms with E-state index in [4.69, 9.17) is 10.5 Å². The molecular weight excluding hydrogens is 244 g/mol. The summed E-state index contributed by atoms with van der Waals surface area (Å²) < 4.78 is 5.38. The van der Waals surface area contributed by atoms with Gasteiger partial charge in [0.15, 0.2) is 0 Å². The van der Waals surface area contributed by atoms with Crippen LogP contribution in [-0.2, 0) is 9.53 Å². The number of amides is 2. The molecular formula is C14H20N2O3. The zero-order chi connectivity index (χ0) is 14.6. The maximum Gasteiger partial charge on any atom is 0.250 e. The first-order valence-corrected chi connectivity index (χ1v) is 6.04. The van der Waals surface area contributed by atoms with Gasteiger partial charge in [-0.3, -0.25) is 9.59 Å². The molecule has 0 spiro atoms. The number of benzene rings is 1. The summed E-state index contributed by atoms with van der Waals surface area (Å²) in [6.07, 6.45) is 0. The standard InChI is InChI=1S/C14H20N2O3/c1-9-10(13(15)18)6-5-7-11(9)16-12(17)8-19-14(2,3)4/h5-7H,8H2,1-4H3,(H2,15,18)(H,16,17). The van der Waals surface area contributed by atoms with E-state index in [-0.39, 0.29) is 18.1 Å². The highest BCUT2D eigenvalue weighted by Gasteiger charge is 2.14. The van der Waals surface area contributed by atoms with Crippen molar-refractivity contribution in [3.63, 3.8) is 0 Å². The van der Waals surface area contributed by atoms with Crippen molar-refractivity contribution in [2.45, 2.75) is 33.3 Å². The van der Waals surface area contributed by atoms with Crippen molar-refractivity contribution in [1.29, 1.82) is 0 Å². The van der Waals surface area contributed by atoms with Crippen molar-refractivity contribution in [3.8, 4) is 0 Å². The molecule has 0 bridgehead atoms. The van der Waals surface area contributed by atoms with Gasteiger partial charge in [-0.1, -0.05) is 6.07 Å². The average Bonchev–Trinajstić information content (AvgIpc) is 2.28. The molecule has 0 heterocycles. The lowest BCUT2D eigenvalue weighted by molar-refractivity contribution is -0.125. The number of primary amides is 1. The van der Waals surface area contributed by atoms with Gasteiger partial charge in [0.2, 0.25) is 11.8 Å². The van der Waals surface area contributed by atoms with E-state index in [2.05, 4.69) is 5.32 Å². The van der Waals surface area contributed by atoms with Gasteiger partial charge in [0.1, 0.15) is 6.61 Å². The van der Waals surface area contributed by atoms with Crippen LogP contribution in [0, 0.1) is 6.92 Å². The Kier molecular flexibility index (Phi) is 4.67. The Labute approximate surface area is 113 Å². The Morgan fingerprint density at radius 2 is 1.95 bits per heavy atom. The summed E-state index contributed by atoms with van der Waals surface area (Å²) in [6.45, 7) is 7.32. The molecule has 0 aliphatic carbocycles. The van der Waals surface area contributed by atoms with Crippen LogP contribution in [-0.4, -0.2) is 24.0 Å². The second-order valence-corrected chi connectivity index (χ2v) is 5.29. The van der Waals surface area contributed by atoms with Crippen molar-refractivity contribution >= 4 is 17.5 Å². The van der Waals surface area contributed by atoms with Gasteiger partial charge in [-0.25, -0.2) is 0 Å². The summed E-state index contributed by atoms with van der Waals surface area (Å²) in [5, 5.41) is 2.71. The average molecular weight is 264 g/mol. The van der Waals surface area contributed by atoms with Gasteiger partial charge in [-0.05, 0) is 45.4 Å². The van der Waals surface area contributed by atoms with Crippen molar-refractivity contribution in [2.75, 3.05) is 11.9 Å². The minimum Gasteiger partial charge on any atom is -0.366 e. The third kappa shape index (κ3) is 4.71. The lowest BCUT2D eigenvalue weighted by Gasteiger charge is -2.19. The number of carbonyl (C=O) groups is 2. The second-order valence-electron chi connectivity index (χ2n) is 5.29. The zero-order valence-corrected chi connectivity index (χ0v) is 11.7. The Morgan fingerprint density at radius 3 is 2.47 bits per heavy atom. The fourth-order valence-corrected chi connectivity index (χ4v) is 1.51. The molecule has 19 heavy (non-hydrogen) atoms. The Bertz CT molecular complexity index is 490. The third-order valence-electron chi connectivity index (χ3n) is 2.51. The van der Waals surface area contributed by atoms with E-state index in [1.54, 1.807) is 25.1 Å². The van der Waals surface area contributed by atoms with E-state index >= 15 is 0 Å². The Balaban J connectivity index is 2.75. The monoisotopic (exact) mass is 264 g/mol. The number of carbonyl (C=O) groups excluding carboxylic acids is 2. The molecule has 5 nitrogen and oxygen atoms in total. The maximum absolute atomic E-state index is 11.7. The van der Waals surface area contributed by atoms with Crippen LogP contribution in [0.15, 0.2) is 18.2 Å². The molecule has 0 aliphatic heterocycles. The van der Waals surface area contributed by atoms with Gasteiger partial charge in [0.25, 0.3) is 0 Å². The van der Waals surface area contributed by atoms with Crippen molar-refractivity contribution in [2.24, 2.45) is 5.73 Å². The number of rotatable bonds is 4. The second kappa shape index (κ2) is 5.84. The van der Waals surface area contributed by atoms with Crippen LogP contribution in [0.25, 0.3) is 0 Å². The molecule has 0 aromatic heterocycles. The number of ether oxygens (including phenoxy) is 1. The minimum absolute atomic E-state index is 0.0380. The number of hydrogen-bond donors (Lipinski definition) is 2. The summed E-state index contributed by atoms with van der Waals surface area (Å²) in [5.41, 5.74) is 6.50. The number of anilines is 1. The fraction of sp³-hybridized carbons (Fsp3) is 0.429. The largest absolute Gasteiger partial charge is 0.366 e. The summed E-state index contributed by atoms with van der Waals surface area (Å²) in [5.74, 6) is -0.779. The Hall–Kier alpha value is -1.88. The quantitative estimate of drug-likeness (QED) is 0.870. The molecule has 5 heteroatoms. The van der Waals surface area contributed by atoms with E-state index in [0.717, 1.165) is 0 Å². The molecule has 0 radical (unpaired) electrons. The number of nitrogens with two attached hydrogens (primary N) is 1. The van der Waals surface area contributed by atoms with Crippen LogP contribution in [0.2, 0.25) is 0 Å². The minimum atomic E-state index is -0.514. The fourth-order valence-electron chi connectivity index (χ4n) is 1.51. The summed E-state index contributed by atoms with van der Waals surface area (Å²) >= 11 is 0. The van der Waals surface area contributed by atoms with E-state index < -0.39 is 5.91 Å². The maximum atomic E-state index is 11.7. The molecule has 1 rings (SSSR count). The van der Waals surface area contributed by atoms with Gasteiger partial charge >= 0.3 is 0 Å². The highest BCUT2D eigenvalue weighted by Crippen LogP contribution is 2.18. The molecule has 0 aliphatic rings. The van der Waals surface area contributed by atoms with Crippen molar-refractivity contribution in [1.82, 2.24) is 0 Å². The molecule has 3 N–H and O–H groups in total. The normalized spacial score (nSPS) is 11.2. The van der Waals surface area contributed by atoms with E-state index in [1.165, 1.54) is 0 Å². The first-order chi connectivity index (χ1) is 8.70. The van der Waals surface area contributed by atoms with E-state index in [9.17, 15) is 9.59 Å². The van der Waals surface area contributed by atoms with Crippen molar-refractivity contribution in [3.05, 3.63) is 29.3 Å². The predicted octanol–water partition coefficient (Wildman–Crippen LogP) is 1.85. The van der Waals surface area contributed by atoms with Gasteiger partial charge in [-0.2, -0.15) is 0 Å². The molecule has 1 aromatic rings. The number of nitrogens with one attached hydrogen (secondary N) is 1. The topological polar surface area (TPSA) is 81.4 Å². The van der Waals surface area contributed by atoms with Crippen LogP contribution in [0.3, 0.4) is 0 Å². The van der Waals surface area contributed by atoms with Gasteiger partial charge in [0, 0.05) is 11.3 Å². The first kappa shape index (κ1) is 15.2. The van der Waals surface area contributed by atoms with Crippen LogP contribution >= 0.6 is 0 Å². The molecule has 2 amide bonds. The number of hydrogen-bond acceptors (Lipinski definition) is 3. The molecule has 0 saturated carbocycles. The van der Waals surface area contributed by atoms with Crippen molar-refractivity contribution < 1.29 is 14.3 Å². The highest BCUT2D eigenvalue weighted by molar-refractivity contribution is 5.98. The van der Waals surface area contributed by atoms with Crippen LogP contribution < -0.4 is 11.1 Å². The lowest BCUT2D eigenvalue weighted by atomic mass is 10.1. The molecule has 0 saturated heterocycles. The highest BCUT2D eigenvalue weighted by atomic mass is 16.5. The van der Waals surface area contributed by atoms with Gasteiger partial charge < -0.3 is 15.8 Å². The van der Waals surface area contributed by atoms with E-state index in [0.29, 0.717) is 16.8 Å². The van der Waals surface area contributed by atoms with Crippen LogP contribution in [0.4, 0.5) is 5.69 Å². The van der Waals surface area contributed by atoms with E-state index in [1.807, 2.05) is 20.8 Å². The Morgan fingerprint density at radius 1 is 1.32 bits per heavy atom. The van der Waals surface area contributed by atoms with Crippen LogP contribution in [0.1, 0.15) is 36.7 Å². The van der Waals surface area contributed by atoms with Gasteiger partial charge in [0.05, 0.1) is 5.60 Å². The van der Waals surface area contributed by atoms with Crippen LogP contribution in [0.5, 0.6) is 0 Å². The summed E-state index contributed by atoms with van der Waals surface area (Å²) in [4.78, 5) is 22.9.